The van der Waals surface area contributed by atoms with E-state index < -0.39 is 104 Å². The van der Waals surface area contributed by atoms with Gasteiger partial charge in [0.05, 0.1) is 57.5 Å². The van der Waals surface area contributed by atoms with Gasteiger partial charge in [-0.05, 0) is 51.4 Å². The Morgan fingerprint density at radius 3 is 0.936 bits per heavy atom. The molecular weight excluding hydrogens is 1460 g/mol. The summed E-state index contributed by atoms with van der Waals surface area (Å²) in [4.78, 5) is 105. The quantitative estimate of drug-likeness (QED) is 0.00943. The van der Waals surface area contributed by atoms with E-state index in [-0.39, 0.29) is 122 Å². The van der Waals surface area contributed by atoms with Crippen molar-refractivity contribution in [1.82, 2.24) is 21.3 Å². The van der Waals surface area contributed by atoms with E-state index in [0.29, 0.717) is 38.5 Å². The Morgan fingerprint density at radius 1 is 0.336 bits per heavy atom. The Hall–Kier alpha value is -1.24. The monoisotopic (exact) mass is 1630 g/mol. The number of phosphoric ester groups is 2. The van der Waals surface area contributed by atoms with Crippen LogP contribution >= 0.6 is 15.6 Å². The summed E-state index contributed by atoms with van der Waals surface area (Å²) in [7, 11) is -10.1. The smallest absolute Gasteiger partial charge is 0.756 e. The van der Waals surface area contributed by atoms with Crippen molar-refractivity contribution >= 4 is 51.4 Å². The maximum Gasteiger partial charge on any atom is 1.00 e. The summed E-state index contributed by atoms with van der Waals surface area (Å²) in [6.07, 6.45) is 53.5. The number of esters is 3. The number of hydrogen-bond acceptors (Lipinski definition) is 19. The zero-order chi connectivity index (χ0) is 79.5. The van der Waals surface area contributed by atoms with E-state index >= 15 is 0 Å². The van der Waals surface area contributed by atoms with E-state index in [1.54, 1.807) is 0 Å². The number of ether oxygens (including phenoxy) is 4. The molecule has 27 heteroatoms. The molecule has 638 valence electrons. The second kappa shape index (κ2) is 82.8. The molecule has 7 unspecified atom stereocenters. The van der Waals surface area contributed by atoms with Gasteiger partial charge in [0.25, 0.3) is 15.6 Å². The largest absolute Gasteiger partial charge is 1.00 e. The van der Waals surface area contributed by atoms with Crippen LogP contribution in [-0.4, -0.2) is 124 Å². The van der Waals surface area contributed by atoms with Crippen molar-refractivity contribution in [1.29, 1.82) is 0 Å². The van der Waals surface area contributed by atoms with E-state index in [1.807, 2.05) is 0 Å². The predicted molar refractivity (Wildman–Crippen MR) is 429 cm³/mol. The third-order valence-electron chi connectivity index (χ3n) is 19.5. The molecule has 0 heterocycles. The number of carbonyl (C=O) groups excluding carboxylic acids is 6. The molecule has 0 aromatic rings. The number of rotatable bonds is 83. The van der Waals surface area contributed by atoms with Gasteiger partial charge >= 0.3 is 83.1 Å². The van der Waals surface area contributed by atoms with Crippen molar-refractivity contribution in [2.24, 2.45) is 0 Å². The van der Waals surface area contributed by atoms with Gasteiger partial charge in [-0.2, -0.15) is 0 Å². The van der Waals surface area contributed by atoms with Crippen molar-refractivity contribution in [2.45, 2.75) is 445 Å². The normalized spacial score (nSPS) is 13.8. The number of nitrogens with one attached hydrogen (secondary N) is 4. The number of unbranched alkanes of at least 4 members (excludes halogenated alkanes) is 44. The topological polar surface area (TPSA) is 325 Å². The first-order chi connectivity index (χ1) is 52.3. The number of aliphatic hydroxyl groups excluding tert-OH is 1. The van der Waals surface area contributed by atoms with Crippen LogP contribution in [-0.2, 0) is 70.1 Å². The van der Waals surface area contributed by atoms with Gasteiger partial charge in [0, 0.05) is 32.4 Å². The fraction of sp³-hybridized carbons (Fsp3) is 0.928. The first-order valence-corrected chi connectivity index (χ1v) is 46.9. The second-order valence-electron chi connectivity index (χ2n) is 30.1. The van der Waals surface area contributed by atoms with Crippen molar-refractivity contribution in [3.05, 3.63) is 0 Å². The van der Waals surface area contributed by atoms with Crippen LogP contribution in [0.3, 0.4) is 0 Å². The van der Waals surface area contributed by atoms with Gasteiger partial charge in [-0.3, -0.25) is 33.1 Å². The molecule has 0 radical (unpaired) electrons. The van der Waals surface area contributed by atoms with Crippen LogP contribution in [0.5, 0.6) is 0 Å². The molecule has 23 nitrogen and oxygen atoms in total. The third-order valence-corrected chi connectivity index (χ3v) is 21.4. The molecule has 0 aliphatic heterocycles. The molecule has 5 N–H and O–H groups in total. The first-order valence-electron chi connectivity index (χ1n) is 44.0. The molecule has 0 bridgehead atoms. The van der Waals surface area contributed by atoms with Gasteiger partial charge < -0.3 is 73.2 Å². The van der Waals surface area contributed by atoms with Crippen LogP contribution in [0, 0.1) is 0 Å². The summed E-state index contributed by atoms with van der Waals surface area (Å²) >= 11 is 0. The minimum Gasteiger partial charge on any atom is -0.756 e. The standard InChI is InChI=1S/C83H162N4O19P2.2Na/c1-7-13-19-25-29-33-35-39-41-47-53-59-77(88)86-73(69-99-81(92)67-75(57-51-45-23-17-11-5)105-79(90)61-55-49-43-37-31-27-21-15-9-3)71-103-107(95,96)101-65-63-84-83(94)85-64-66-102-108(97,98)104-72-74(87-78(89)60-54-48-42-40-36-34-30-26-20-14-8-2)70-100-82(93)68-76(58-52-46-24-18-12-6)106-80(91)62-56-50-44-38-32-28-22-16-10-4;;/h73-76,79,90H,7-72H2,1-6H3,(H,86,88)(H,87,89)(H,95,96)(H,97,98)(H2,84,85,94);;/q;2*+1/p-2. The number of amides is 4. The SMILES string of the molecule is CCCCCCCCCCCCCC(=O)NC(COC(=O)CC(CCCCCCC)OC(=O)CCCCCCCCCCC)COP(=O)([O-])OCCNC(=O)NCCOP(=O)([O-])OCC(COC(=O)CC(CCCCCCC)OC(O)CCCCCCCCCCC)NC(=O)CCCCCCCCCCCCC.[Na+].[Na+]. The molecule has 0 aliphatic carbocycles. The fourth-order valence-electron chi connectivity index (χ4n) is 12.9. The van der Waals surface area contributed by atoms with E-state index in [9.17, 15) is 52.8 Å². The van der Waals surface area contributed by atoms with Gasteiger partial charge in [-0.15, -0.1) is 0 Å². The van der Waals surface area contributed by atoms with Crippen LogP contribution in [0.2, 0.25) is 0 Å². The van der Waals surface area contributed by atoms with Gasteiger partial charge in [0.15, 0.2) is 6.29 Å². The van der Waals surface area contributed by atoms with Crippen LogP contribution < -0.4 is 90.2 Å². The van der Waals surface area contributed by atoms with Gasteiger partial charge in [-0.25, -0.2) is 4.79 Å². The third kappa shape index (κ3) is 79.2. The zero-order valence-corrected chi connectivity index (χ0v) is 77.0. The maximum atomic E-state index is 13.5. The van der Waals surface area contributed by atoms with Crippen LogP contribution in [0.4, 0.5) is 4.79 Å². The van der Waals surface area contributed by atoms with Crippen molar-refractivity contribution in [3.63, 3.8) is 0 Å². The molecule has 0 fully saturated rings. The number of carbonyl (C=O) groups is 6. The molecule has 0 saturated heterocycles. The Kier molecular flexibility index (Phi) is 85.0. The molecular formula is C83H160N4Na2O19P2. The van der Waals surface area contributed by atoms with E-state index in [0.717, 1.165) is 161 Å². The Morgan fingerprint density at radius 2 is 0.609 bits per heavy atom. The molecule has 0 rings (SSSR count). The Labute approximate surface area is 713 Å². The van der Waals surface area contributed by atoms with Crippen LogP contribution in [0.25, 0.3) is 0 Å². The van der Waals surface area contributed by atoms with E-state index in [2.05, 4.69) is 62.8 Å². The minimum absolute atomic E-state index is 0. The average Bonchev–Trinajstić information content (AvgIpc) is 0.912. The summed E-state index contributed by atoms with van der Waals surface area (Å²) in [6, 6.07) is -2.99. The number of phosphoric acid groups is 2. The second-order valence-corrected chi connectivity index (χ2v) is 33.0. The van der Waals surface area contributed by atoms with Crippen molar-refractivity contribution in [2.75, 3.05) is 52.7 Å². The Balaban J connectivity index is -0.0000572. The van der Waals surface area contributed by atoms with Gasteiger partial charge in [0.1, 0.15) is 19.3 Å². The summed E-state index contributed by atoms with van der Waals surface area (Å²) in [6.45, 7) is 9.15. The maximum absolute atomic E-state index is 13.5. The van der Waals surface area contributed by atoms with Gasteiger partial charge in [-0.1, -0.05) is 330 Å². The molecule has 0 saturated carbocycles. The van der Waals surface area contributed by atoms with Crippen LogP contribution in [0.1, 0.15) is 414 Å². The zero-order valence-electron chi connectivity index (χ0n) is 71.2. The molecule has 0 aromatic heterocycles. The molecule has 7 atom stereocenters. The number of urea groups is 1. The average molecular weight is 1630 g/mol. The summed E-state index contributed by atoms with van der Waals surface area (Å²) < 4.78 is 69.7. The summed E-state index contributed by atoms with van der Waals surface area (Å²) in [5.74, 6) is -2.43. The van der Waals surface area contributed by atoms with E-state index in [4.69, 9.17) is 37.0 Å². The summed E-state index contributed by atoms with van der Waals surface area (Å²) in [5.41, 5.74) is 0. The first kappa shape index (κ1) is 113. The molecule has 0 aromatic carbocycles. The molecule has 4 amide bonds. The number of aliphatic hydroxyl groups is 1. The van der Waals surface area contributed by atoms with Gasteiger partial charge in [0.2, 0.25) is 11.8 Å². The van der Waals surface area contributed by atoms with E-state index in [1.165, 1.54) is 141 Å². The predicted octanol–water partition coefficient (Wildman–Crippen LogP) is 13.7. The minimum atomic E-state index is -5.08. The van der Waals surface area contributed by atoms with Crippen molar-refractivity contribution in [3.8, 4) is 0 Å². The molecule has 110 heavy (non-hydrogen) atoms. The Bertz CT molecular complexity index is 2240. The number of hydrogen-bond donors (Lipinski definition) is 5. The van der Waals surface area contributed by atoms with Crippen molar-refractivity contribution < 1.29 is 149 Å². The fourth-order valence-corrected chi connectivity index (χ4v) is 14.4. The summed E-state index contributed by atoms with van der Waals surface area (Å²) in [5, 5.41) is 21.2. The van der Waals surface area contributed by atoms with Crippen LogP contribution in [0.15, 0.2) is 0 Å². The molecule has 0 spiro atoms. The molecule has 0 aliphatic rings.